The summed E-state index contributed by atoms with van der Waals surface area (Å²) in [6.45, 7) is 1.38. The van der Waals surface area contributed by atoms with Gasteiger partial charge in [0.2, 0.25) is 0 Å². The molecule has 0 radical (unpaired) electrons. The van der Waals surface area contributed by atoms with Crippen LogP contribution in [-0.4, -0.2) is 83.8 Å². The molecule has 2 unspecified atom stereocenters. The van der Waals surface area contributed by atoms with Gasteiger partial charge in [0.25, 0.3) is 5.91 Å². The first kappa shape index (κ1) is 31.6. The number of aryl methyl sites for hydroxylation is 1. The number of carbonyl (C=O) groups excluding carboxylic acids is 2. The van der Waals surface area contributed by atoms with Crippen LogP contribution in [0.5, 0.6) is 11.5 Å². The summed E-state index contributed by atoms with van der Waals surface area (Å²) in [4.78, 5) is 34.3. The molecule has 0 aliphatic carbocycles. The number of aromatic nitrogens is 5. The van der Waals surface area contributed by atoms with E-state index < -0.39 is 11.9 Å². The fraction of sp³-hybridized carbons (Fsp3) is 0.294. The van der Waals surface area contributed by atoms with E-state index in [0.717, 1.165) is 35.9 Å². The zero-order chi connectivity index (χ0) is 32.6. The maximum atomic E-state index is 13.6. The zero-order valence-corrected chi connectivity index (χ0v) is 26.1. The minimum Gasteiger partial charge on any atom is -0.487 e. The summed E-state index contributed by atoms with van der Waals surface area (Å²) in [6.07, 6.45) is 5.61. The second-order valence-electron chi connectivity index (χ2n) is 10.9. The number of anilines is 2. The molecule has 6 rings (SSSR count). The molecule has 1 amide bonds. The van der Waals surface area contributed by atoms with Gasteiger partial charge >= 0.3 is 0 Å². The Kier molecular flexibility index (Phi) is 9.94. The standard InChI is InChI=1S/C34H35N7O6/c1-44-12-14-46-31-17-25-27(18-32(31)47-15-13-45-2)35-21-36-33(25)34(43)37-24-8-5-7-23(16-24)28-19-41(40-39-28)30-11-10-22-6-3-4-9-26(22)38-29(30)20-42/h3-9,16-21,29-30,38H,10-15H2,1-2H3,(H,37,43). The maximum Gasteiger partial charge on any atom is 0.275 e. The van der Waals surface area contributed by atoms with E-state index in [0.29, 0.717) is 53.6 Å². The fourth-order valence-electron chi connectivity index (χ4n) is 5.52. The van der Waals surface area contributed by atoms with Crippen LogP contribution in [0.2, 0.25) is 0 Å². The molecule has 2 atom stereocenters. The number of amides is 1. The zero-order valence-electron chi connectivity index (χ0n) is 26.1. The van der Waals surface area contributed by atoms with Crippen LogP contribution in [0.15, 0.2) is 73.2 Å². The van der Waals surface area contributed by atoms with E-state index in [1.165, 1.54) is 6.33 Å². The van der Waals surface area contributed by atoms with Crippen molar-refractivity contribution in [3.63, 3.8) is 0 Å². The third-order valence-electron chi connectivity index (χ3n) is 7.88. The lowest BCUT2D eigenvalue weighted by Gasteiger charge is -2.21. The molecule has 1 aliphatic heterocycles. The van der Waals surface area contributed by atoms with Crippen molar-refractivity contribution in [2.24, 2.45) is 0 Å². The second kappa shape index (κ2) is 14.8. The number of aldehydes is 1. The highest BCUT2D eigenvalue weighted by Gasteiger charge is 2.28. The van der Waals surface area contributed by atoms with Crippen LogP contribution in [0, 0.1) is 0 Å². The average molecular weight is 638 g/mol. The molecule has 13 nitrogen and oxygen atoms in total. The Hall–Kier alpha value is -5.40. The van der Waals surface area contributed by atoms with Crippen LogP contribution in [0.4, 0.5) is 11.4 Å². The number of hydrogen-bond donors (Lipinski definition) is 2. The van der Waals surface area contributed by atoms with E-state index in [9.17, 15) is 9.59 Å². The molecular formula is C34H35N7O6. The molecule has 5 aromatic rings. The smallest absolute Gasteiger partial charge is 0.275 e. The normalized spacial score (nSPS) is 15.7. The molecular weight excluding hydrogens is 602 g/mol. The quantitative estimate of drug-likeness (QED) is 0.140. The summed E-state index contributed by atoms with van der Waals surface area (Å²) in [7, 11) is 3.18. The molecule has 0 spiro atoms. The lowest BCUT2D eigenvalue weighted by Crippen LogP contribution is -2.32. The van der Waals surface area contributed by atoms with E-state index in [4.69, 9.17) is 18.9 Å². The second-order valence-corrected chi connectivity index (χ2v) is 10.9. The molecule has 0 bridgehead atoms. The fourth-order valence-corrected chi connectivity index (χ4v) is 5.52. The van der Waals surface area contributed by atoms with Crippen molar-refractivity contribution in [1.29, 1.82) is 0 Å². The predicted octanol–water partition coefficient (Wildman–Crippen LogP) is 4.36. The molecule has 242 valence electrons. The minimum absolute atomic E-state index is 0.174. The Bertz CT molecular complexity index is 1860. The third-order valence-corrected chi connectivity index (χ3v) is 7.88. The van der Waals surface area contributed by atoms with Crippen molar-refractivity contribution in [2.75, 3.05) is 51.3 Å². The van der Waals surface area contributed by atoms with Gasteiger partial charge in [-0.3, -0.25) is 4.79 Å². The first-order valence-corrected chi connectivity index (χ1v) is 15.2. The molecule has 0 saturated carbocycles. The molecule has 0 fully saturated rings. The molecule has 13 heteroatoms. The monoisotopic (exact) mass is 637 g/mol. The van der Waals surface area contributed by atoms with Gasteiger partial charge in [-0.05, 0) is 42.7 Å². The van der Waals surface area contributed by atoms with Gasteiger partial charge in [-0.1, -0.05) is 35.5 Å². The Balaban J connectivity index is 1.21. The third kappa shape index (κ3) is 7.21. The van der Waals surface area contributed by atoms with Gasteiger partial charge < -0.3 is 34.4 Å². The maximum absolute atomic E-state index is 13.6. The van der Waals surface area contributed by atoms with E-state index in [2.05, 4.69) is 37.0 Å². The van der Waals surface area contributed by atoms with Crippen LogP contribution >= 0.6 is 0 Å². The predicted molar refractivity (Wildman–Crippen MR) is 175 cm³/mol. The minimum atomic E-state index is -0.458. The molecule has 2 aromatic heterocycles. The average Bonchev–Trinajstić information content (AvgIpc) is 3.50. The lowest BCUT2D eigenvalue weighted by atomic mass is 10.0. The van der Waals surface area contributed by atoms with Crippen molar-refractivity contribution in [2.45, 2.75) is 24.9 Å². The number of fused-ring (bicyclic) bond motifs is 2. The van der Waals surface area contributed by atoms with Crippen LogP contribution in [-0.2, 0) is 20.7 Å². The highest BCUT2D eigenvalue weighted by atomic mass is 16.5. The lowest BCUT2D eigenvalue weighted by molar-refractivity contribution is -0.109. The summed E-state index contributed by atoms with van der Waals surface area (Å²) < 4.78 is 23.7. The summed E-state index contributed by atoms with van der Waals surface area (Å²) in [5.74, 6) is 0.483. The van der Waals surface area contributed by atoms with Crippen molar-refractivity contribution >= 4 is 34.5 Å². The van der Waals surface area contributed by atoms with Crippen LogP contribution in [0.25, 0.3) is 22.2 Å². The number of para-hydroxylation sites is 1. The summed E-state index contributed by atoms with van der Waals surface area (Å²) in [5.41, 5.74) is 4.72. The van der Waals surface area contributed by atoms with Gasteiger partial charge in [0.15, 0.2) is 11.5 Å². The topological polar surface area (TPSA) is 152 Å². The summed E-state index contributed by atoms with van der Waals surface area (Å²) in [5, 5.41) is 15.6. The molecule has 3 heterocycles. The largest absolute Gasteiger partial charge is 0.487 e. The number of benzene rings is 3. The van der Waals surface area contributed by atoms with E-state index >= 15 is 0 Å². The van der Waals surface area contributed by atoms with Crippen LogP contribution < -0.4 is 20.1 Å². The highest BCUT2D eigenvalue weighted by Crippen LogP contribution is 2.34. The van der Waals surface area contributed by atoms with E-state index in [1.807, 2.05) is 42.6 Å². The Morgan fingerprint density at radius 2 is 1.77 bits per heavy atom. The first-order valence-electron chi connectivity index (χ1n) is 15.2. The Labute approximate surface area is 271 Å². The van der Waals surface area contributed by atoms with Crippen LogP contribution in [0.3, 0.4) is 0 Å². The van der Waals surface area contributed by atoms with Gasteiger partial charge in [-0.15, -0.1) is 5.10 Å². The molecule has 47 heavy (non-hydrogen) atoms. The number of methoxy groups -OCH3 is 2. The highest BCUT2D eigenvalue weighted by molar-refractivity contribution is 6.11. The number of rotatable bonds is 13. The molecule has 2 N–H and O–H groups in total. The number of carbonyl (C=O) groups is 2. The van der Waals surface area contributed by atoms with Gasteiger partial charge in [-0.25, -0.2) is 14.6 Å². The number of ether oxygens (including phenoxy) is 4. The van der Waals surface area contributed by atoms with Gasteiger partial charge in [0, 0.05) is 42.6 Å². The Morgan fingerprint density at radius 1 is 0.979 bits per heavy atom. The Morgan fingerprint density at radius 3 is 2.55 bits per heavy atom. The number of hydrogen-bond acceptors (Lipinski definition) is 11. The summed E-state index contributed by atoms with van der Waals surface area (Å²) in [6, 6.07) is 18.0. The summed E-state index contributed by atoms with van der Waals surface area (Å²) >= 11 is 0. The number of nitrogens with zero attached hydrogens (tertiary/aromatic N) is 5. The van der Waals surface area contributed by atoms with Gasteiger partial charge in [0.1, 0.15) is 43.3 Å². The molecule has 3 aromatic carbocycles. The van der Waals surface area contributed by atoms with E-state index in [-0.39, 0.29) is 18.3 Å². The van der Waals surface area contributed by atoms with Crippen molar-refractivity contribution in [1.82, 2.24) is 25.0 Å². The van der Waals surface area contributed by atoms with Crippen molar-refractivity contribution < 1.29 is 28.5 Å². The van der Waals surface area contributed by atoms with E-state index in [1.54, 1.807) is 37.1 Å². The molecule has 1 aliphatic rings. The van der Waals surface area contributed by atoms with Crippen molar-refractivity contribution in [3.8, 4) is 22.8 Å². The van der Waals surface area contributed by atoms with Crippen LogP contribution in [0.1, 0.15) is 28.5 Å². The number of nitrogens with one attached hydrogen (secondary N) is 2. The van der Waals surface area contributed by atoms with Gasteiger partial charge in [0.05, 0.1) is 31.0 Å². The molecule has 0 saturated heterocycles. The first-order chi connectivity index (χ1) is 23.1. The SMILES string of the molecule is COCCOc1cc2ncnc(C(=O)Nc3cccc(-c4cn(C5CCc6ccccc6NC5C=O)nn4)c3)c2cc1OCCOC. The van der Waals surface area contributed by atoms with Gasteiger partial charge in [-0.2, -0.15) is 0 Å². The van der Waals surface area contributed by atoms with Crippen molar-refractivity contribution in [3.05, 3.63) is 84.4 Å².